The summed E-state index contributed by atoms with van der Waals surface area (Å²) in [6.07, 6.45) is 0. The Morgan fingerprint density at radius 3 is 1.85 bits per heavy atom. The Kier molecular flexibility index (Phi) is 6.86. The fourth-order valence-corrected chi connectivity index (χ4v) is 3.61. The minimum absolute atomic E-state index is 0.168. The van der Waals surface area contributed by atoms with Gasteiger partial charge in [-0.05, 0) is 42.0 Å². The maximum Gasteiger partial charge on any atom is 0.268 e. The number of rotatable bonds is 8. The van der Waals surface area contributed by atoms with Crippen LogP contribution < -0.4 is 5.32 Å². The van der Waals surface area contributed by atoms with Gasteiger partial charge in [-0.3, -0.25) is 14.4 Å². The third kappa shape index (κ3) is 4.33. The topological polar surface area (TPSA) is 104 Å². The number of aliphatic hydroxyl groups is 2. The van der Waals surface area contributed by atoms with Gasteiger partial charge in [-0.1, -0.05) is 62.4 Å². The van der Waals surface area contributed by atoms with Gasteiger partial charge in [-0.15, -0.1) is 0 Å². The van der Waals surface area contributed by atoms with Crippen molar-refractivity contribution in [3.05, 3.63) is 102 Å². The van der Waals surface area contributed by atoms with E-state index in [9.17, 15) is 29.0 Å². The van der Waals surface area contributed by atoms with Gasteiger partial charge in [0.25, 0.3) is 5.91 Å². The molecule has 0 aliphatic carbocycles. The molecule has 0 aliphatic rings. The molecular formula is C26H24FNO5. The van der Waals surface area contributed by atoms with Crippen LogP contribution in [0.25, 0.3) is 0 Å². The van der Waals surface area contributed by atoms with Crippen molar-refractivity contribution in [3.63, 3.8) is 0 Å². The molecule has 7 heteroatoms. The number of hydrogen-bond acceptors (Lipinski definition) is 5. The van der Waals surface area contributed by atoms with Crippen LogP contribution in [0.3, 0.4) is 0 Å². The zero-order valence-electron chi connectivity index (χ0n) is 18.2. The van der Waals surface area contributed by atoms with Gasteiger partial charge in [0, 0.05) is 17.2 Å². The molecule has 0 saturated carbocycles. The summed E-state index contributed by atoms with van der Waals surface area (Å²) >= 11 is 0. The summed E-state index contributed by atoms with van der Waals surface area (Å²) in [5, 5.41) is 26.0. The molecule has 0 spiro atoms. The van der Waals surface area contributed by atoms with Crippen molar-refractivity contribution in [2.45, 2.75) is 25.0 Å². The Balaban J connectivity index is 2.26. The molecule has 0 aromatic heterocycles. The summed E-state index contributed by atoms with van der Waals surface area (Å²) in [6.45, 7) is 2.88. The Bertz CT molecular complexity index is 1150. The third-order valence-electron chi connectivity index (χ3n) is 5.39. The predicted octanol–water partition coefficient (Wildman–Crippen LogP) is 3.49. The summed E-state index contributed by atoms with van der Waals surface area (Å²) in [7, 11) is 0. The van der Waals surface area contributed by atoms with Crippen molar-refractivity contribution >= 4 is 23.2 Å². The van der Waals surface area contributed by atoms with Crippen molar-refractivity contribution in [1.82, 2.24) is 0 Å². The number of amides is 1. The van der Waals surface area contributed by atoms with E-state index in [0.29, 0.717) is 0 Å². The zero-order valence-corrected chi connectivity index (χ0v) is 18.2. The number of anilines is 1. The molecule has 0 bridgehead atoms. The first-order chi connectivity index (χ1) is 15.6. The highest BCUT2D eigenvalue weighted by Gasteiger charge is 2.65. The Morgan fingerprint density at radius 1 is 0.818 bits per heavy atom. The summed E-state index contributed by atoms with van der Waals surface area (Å²) in [6, 6.07) is 19.5. The van der Waals surface area contributed by atoms with Gasteiger partial charge >= 0.3 is 0 Å². The van der Waals surface area contributed by atoms with Gasteiger partial charge in [0.1, 0.15) is 5.82 Å². The summed E-state index contributed by atoms with van der Waals surface area (Å²) in [5.41, 5.74) is -6.32. The summed E-state index contributed by atoms with van der Waals surface area (Å²) < 4.78 is 13.5. The van der Waals surface area contributed by atoms with E-state index in [1.807, 2.05) is 0 Å². The molecule has 33 heavy (non-hydrogen) atoms. The van der Waals surface area contributed by atoms with E-state index in [0.717, 1.165) is 24.3 Å². The van der Waals surface area contributed by atoms with Gasteiger partial charge < -0.3 is 15.5 Å². The van der Waals surface area contributed by atoms with Gasteiger partial charge in [-0.25, -0.2) is 4.39 Å². The van der Waals surface area contributed by atoms with Crippen LogP contribution in [0.1, 0.15) is 29.8 Å². The molecule has 6 nitrogen and oxygen atoms in total. The fraction of sp³-hybridized carbons (Fsp3) is 0.192. The lowest BCUT2D eigenvalue weighted by molar-refractivity contribution is -0.175. The monoisotopic (exact) mass is 449 g/mol. The van der Waals surface area contributed by atoms with Crippen LogP contribution in [0.5, 0.6) is 0 Å². The number of hydrogen-bond donors (Lipinski definition) is 3. The lowest BCUT2D eigenvalue weighted by Crippen LogP contribution is -2.68. The average molecular weight is 449 g/mol. The first-order valence-corrected chi connectivity index (χ1v) is 10.3. The molecule has 1 amide bonds. The van der Waals surface area contributed by atoms with E-state index in [-0.39, 0.29) is 16.8 Å². The summed E-state index contributed by atoms with van der Waals surface area (Å²) in [5.74, 6) is -5.00. The molecule has 0 saturated heterocycles. The number of benzene rings is 3. The predicted molar refractivity (Wildman–Crippen MR) is 121 cm³/mol. The van der Waals surface area contributed by atoms with Crippen LogP contribution in [-0.4, -0.2) is 33.3 Å². The second-order valence-corrected chi connectivity index (χ2v) is 7.96. The van der Waals surface area contributed by atoms with Crippen LogP contribution in [0, 0.1) is 11.7 Å². The van der Waals surface area contributed by atoms with Crippen LogP contribution in [-0.2, 0) is 15.2 Å². The summed E-state index contributed by atoms with van der Waals surface area (Å²) in [4.78, 5) is 40.4. The van der Waals surface area contributed by atoms with E-state index in [2.05, 4.69) is 5.32 Å². The third-order valence-corrected chi connectivity index (χ3v) is 5.39. The number of ketones is 2. The number of para-hydroxylation sites is 1. The highest BCUT2D eigenvalue weighted by Crippen LogP contribution is 2.40. The zero-order chi connectivity index (χ0) is 24.2. The molecule has 0 heterocycles. The Hall–Kier alpha value is -3.68. The van der Waals surface area contributed by atoms with E-state index in [4.69, 9.17) is 0 Å². The van der Waals surface area contributed by atoms with Crippen molar-refractivity contribution in [3.8, 4) is 0 Å². The van der Waals surface area contributed by atoms with Crippen molar-refractivity contribution < 1.29 is 29.0 Å². The lowest BCUT2D eigenvalue weighted by atomic mass is 9.68. The van der Waals surface area contributed by atoms with Gasteiger partial charge in [-0.2, -0.15) is 0 Å². The second-order valence-electron chi connectivity index (χ2n) is 7.96. The van der Waals surface area contributed by atoms with Gasteiger partial charge in [0.15, 0.2) is 11.4 Å². The van der Waals surface area contributed by atoms with Crippen molar-refractivity contribution in [2.75, 3.05) is 5.32 Å². The second kappa shape index (κ2) is 9.44. The number of nitrogens with one attached hydrogen (secondary N) is 1. The molecule has 0 unspecified atom stereocenters. The number of Topliss-reactive ketones (excluding diaryl/α,β-unsaturated/α-hetero) is 2. The minimum atomic E-state index is -3.20. The maximum atomic E-state index is 13.6. The van der Waals surface area contributed by atoms with E-state index in [1.54, 1.807) is 24.3 Å². The lowest BCUT2D eigenvalue weighted by Gasteiger charge is -2.41. The molecule has 3 aromatic carbocycles. The smallest absolute Gasteiger partial charge is 0.268 e. The van der Waals surface area contributed by atoms with Crippen LogP contribution >= 0.6 is 0 Å². The van der Waals surface area contributed by atoms with Crippen molar-refractivity contribution in [2.24, 2.45) is 5.92 Å². The van der Waals surface area contributed by atoms with Crippen LogP contribution in [0.2, 0.25) is 0 Å². The number of carbonyl (C=O) groups excluding carboxylic acids is 3. The quantitative estimate of drug-likeness (QED) is 0.361. The van der Waals surface area contributed by atoms with Crippen LogP contribution in [0.4, 0.5) is 10.1 Å². The normalized spacial score (nSPS) is 14.7. The van der Waals surface area contributed by atoms with Gasteiger partial charge in [0.05, 0.1) is 0 Å². The standard InChI is InChI=1S/C26H24FNO5/c1-17(2)22(29)26(33,24(31)28-21-11-7-4-8-12-21)25(32,19-9-5-3-6-10-19)23(30)18-13-15-20(27)16-14-18/h3-17,32-33H,1-2H3,(H,28,31)/t25-,26+/m0/s1. The molecule has 0 aliphatic heterocycles. The highest BCUT2D eigenvalue weighted by atomic mass is 19.1. The molecule has 0 radical (unpaired) electrons. The number of halogens is 1. The van der Waals surface area contributed by atoms with Gasteiger partial charge in [0.2, 0.25) is 11.4 Å². The molecule has 170 valence electrons. The number of carbonyl (C=O) groups is 3. The highest BCUT2D eigenvalue weighted by molar-refractivity contribution is 6.21. The largest absolute Gasteiger partial charge is 0.374 e. The Morgan fingerprint density at radius 2 is 1.33 bits per heavy atom. The van der Waals surface area contributed by atoms with Crippen LogP contribution in [0.15, 0.2) is 84.9 Å². The SMILES string of the molecule is CC(C)C(=O)[C@@](O)(C(=O)Nc1ccccc1)[C@@](O)(C(=O)c1ccc(F)cc1)c1ccccc1. The molecule has 3 N–H and O–H groups in total. The maximum absolute atomic E-state index is 13.6. The van der Waals surface area contributed by atoms with Crippen molar-refractivity contribution in [1.29, 1.82) is 0 Å². The molecule has 2 atom stereocenters. The minimum Gasteiger partial charge on any atom is -0.374 e. The Labute approximate surface area is 190 Å². The van der Waals surface area contributed by atoms with E-state index < -0.39 is 40.4 Å². The molecule has 3 aromatic rings. The van der Waals surface area contributed by atoms with E-state index in [1.165, 1.54) is 50.2 Å². The molecule has 0 fully saturated rings. The first kappa shape index (κ1) is 24.0. The molecular weight excluding hydrogens is 425 g/mol. The average Bonchev–Trinajstić information content (AvgIpc) is 2.83. The van der Waals surface area contributed by atoms with E-state index >= 15 is 0 Å². The molecule has 3 rings (SSSR count). The fourth-order valence-electron chi connectivity index (χ4n) is 3.61. The first-order valence-electron chi connectivity index (χ1n) is 10.3.